The highest BCUT2D eigenvalue weighted by Crippen LogP contribution is 2.14. The molecule has 0 saturated carbocycles. The maximum Gasteiger partial charge on any atom is 0.118 e. The van der Waals surface area contributed by atoms with Gasteiger partial charge >= 0.3 is 0 Å². The molecule has 0 bridgehead atoms. The highest BCUT2D eigenvalue weighted by molar-refractivity contribution is 5.07. The number of furan rings is 1. The summed E-state index contributed by atoms with van der Waals surface area (Å²) in [5.41, 5.74) is 5.43. The summed E-state index contributed by atoms with van der Waals surface area (Å²) < 4.78 is 5.82. The summed E-state index contributed by atoms with van der Waals surface area (Å²) in [4.78, 5) is 2.41. The van der Waals surface area contributed by atoms with E-state index in [4.69, 9.17) is 10.2 Å². The Morgan fingerprint density at radius 3 is 2.33 bits per heavy atom. The summed E-state index contributed by atoms with van der Waals surface area (Å²) in [6.07, 6.45) is 0. The first kappa shape index (κ1) is 15.2. The van der Waals surface area contributed by atoms with Crippen LogP contribution in [0.25, 0.3) is 0 Å². The van der Waals surface area contributed by atoms with Gasteiger partial charge in [0.15, 0.2) is 0 Å². The summed E-state index contributed by atoms with van der Waals surface area (Å²) in [5, 5.41) is 3.23. The summed E-state index contributed by atoms with van der Waals surface area (Å²) >= 11 is 0. The number of hydrogen-bond acceptors (Lipinski definition) is 4. The summed E-state index contributed by atoms with van der Waals surface area (Å²) in [6, 6.07) is 5.15. The Kier molecular flexibility index (Phi) is 6.39. The molecule has 0 fully saturated rings. The molecule has 0 aliphatic heterocycles. The molecular formula is C14H27N3O. The largest absolute Gasteiger partial charge is 0.463 e. The zero-order chi connectivity index (χ0) is 13.5. The van der Waals surface area contributed by atoms with Gasteiger partial charge < -0.3 is 15.5 Å². The van der Waals surface area contributed by atoms with Crippen molar-refractivity contribution in [3.8, 4) is 0 Å². The van der Waals surface area contributed by atoms with Gasteiger partial charge in [0.25, 0.3) is 0 Å². The van der Waals surface area contributed by atoms with E-state index in [0.717, 1.165) is 31.2 Å². The Morgan fingerprint density at radius 1 is 1.17 bits per heavy atom. The number of rotatable bonds is 8. The van der Waals surface area contributed by atoms with E-state index in [1.807, 2.05) is 6.07 Å². The van der Waals surface area contributed by atoms with Gasteiger partial charge in [-0.1, -0.05) is 0 Å². The maximum atomic E-state index is 5.82. The Hall–Kier alpha value is -0.840. The van der Waals surface area contributed by atoms with E-state index in [1.54, 1.807) is 0 Å². The zero-order valence-corrected chi connectivity index (χ0v) is 12.1. The van der Waals surface area contributed by atoms with Crippen LogP contribution in [0, 0.1) is 0 Å². The van der Waals surface area contributed by atoms with Gasteiger partial charge in [0.05, 0.1) is 13.1 Å². The smallest absolute Gasteiger partial charge is 0.118 e. The van der Waals surface area contributed by atoms with E-state index < -0.39 is 0 Å². The van der Waals surface area contributed by atoms with Gasteiger partial charge in [-0.05, 0) is 39.8 Å². The Morgan fingerprint density at radius 2 is 1.78 bits per heavy atom. The van der Waals surface area contributed by atoms with Crippen LogP contribution >= 0.6 is 0 Å². The third-order valence-corrected chi connectivity index (χ3v) is 3.00. The minimum atomic E-state index is 0.522. The van der Waals surface area contributed by atoms with E-state index in [-0.39, 0.29) is 0 Å². The lowest BCUT2D eigenvalue weighted by Gasteiger charge is -2.29. The molecule has 0 spiro atoms. The number of nitrogens with two attached hydrogens (primary N) is 1. The van der Waals surface area contributed by atoms with Crippen LogP contribution in [0.1, 0.15) is 39.2 Å². The van der Waals surface area contributed by atoms with Gasteiger partial charge in [0.2, 0.25) is 0 Å². The van der Waals surface area contributed by atoms with Crippen molar-refractivity contribution in [2.24, 2.45) is 5.73 Å². The maximum absolute atomic E-state index is 5.82. The van der Waals surface area contributed by atoms with Crippen LogP contribution in [0.2, 0.25) is 0 Å². The van der Waals surface area contributed by atoms with Crippen molar-refractivity contribution in [3.63, 3.8) is 0 Å². The van der Waals surface area contributed by atoms with Gasteiger partial charge in [-0.2, -0.15) is 0 Å². The van der Waals surface area contributed by atoms with Crippen LogP contribution in [-0.4, -0.2) is 30.1 Å². The zero-order valence-electron chi connectivity index (χ0n) is 12.1. The van der Waals surface area contributed by atoms with E-state index in [9.17, 15) is 0 Å². The molecular weight excluding hydrogens is 226 g/mol. The third kappa shape index (κ3) is 4.80. The molecule has 0 atom stereocenters. The molecule has 0 aliphatic rings. The van der Waals surface area contributed by atoms with Crippen LogP contribution in [0.4, 0.5) is 0 Å². The fourth-order valence-corrected chi connectivity index (χ4v) is 2.06. The van der Waals surface area contributed by atoms with Crippen molar-refractivity contribution in [1.29, 1.82) is 0 Å². The Balaban J connectivity index is 2.51. The molecule has 0 unspecified atom stereocenters. The lowest BCUT2D eigenvalue weighted by Crippen LogP contribution is -2.36. The SMILES string of the molecule is CC(C)N(Cc1ccc(CNCCN)o1)C(C)C. The topological polar surface area (TPSA) is 54.4 Å². The highest BCUT2D eigenvalue weighted by atomic mass is 16.3. The van der Waals surface area contributed by atoms with E-state index in [0.29, 0.717) is 18.6 Å². The molecule has 4 nitrogen and oxygen atoms in total. The molecule has 0 aliphatic carbocycles. The van der Waals surface area contributed by atoms with Crippen molar-refractivity contribution in [2.45, 2.75) is 52.9 Å². The first-order chi connectivity index (χ1) is 8.54. The van der Waals surface area contributed by atoms with E-state index in [2.05, 4.69) is 44.0 Å². The van der Waals surface area contributed by atoms with Crippen LogP contribution in [0.5, 0.6) is 0 Å². The summed E-state index contributed by atoms with van der Waals surface area (Å²) in [7, 11) is 0. The van der Waals surface area contributed by atoms with Crippen molar-refractivity contribution >= 4 is 0 Å². The van der Waals surface area contributed by atoms with Gasteiger partial charge in [0, 0.05) is 25.2 Å². The number of hydrogen-bond donors (Lipinski definition) is 2. The van der Waals surface area contributed by atoms with Crippen LogP contribution in [-0.2, 0) is 13.1 Å². The minimum absolute atomic E-state index is 0.522. The predicted molar refractivity (Wildman–Crippen MR) is 75.3 cm³/mol. The summed E-state index contributed by atoms with van der Waals surface area (Å²) in [6.45, 7) is 12.0. The van der Waals surface area contributed by atoms with Gasteiger partial charge in [-0.25, -0.2) is 0 Å². The van der Waals surface area contributed by atoms with Crippen LogP contribution in [0.15, 0.2) is 16.5 Å². The number of nitrogens with zero attached hydrogens (tertiary/aromatic N) is 1. The molecule has 0 radical (unpaired) electrons. The standard InChI is InChI=1S/C14H27N3O/c1-11(2)17(12(3)4)10-14-6-5-13(18-14)9-16-8-7-15/h5-6,11-12,16H,7-10,15H2,1-4H3. The lowest BCUT2D eigenvalue weighted by molar-refractivity contribution is 0.152. The molecule has 1 heterocycles. The summed E-state index contributed by atoms with van der Waals surface area (Å²) in [5.74, 6) is 2.01. The molecule has 3 N–H and O–H groups in total. The molecule has 1 rings (SSSR count). The van der Waals surface area contributed by atoms with Crippen molar-refractivity contribution < 1.29 is 4.42 Å². The van der Waals surface area contributed by atoms with Gasteiger partial charge in [0.1, 0.15) is 11.5 Å². The van der Waals surface area contributed by atoms with Crippen molar-refractivity contribution in [3.05, 3.63) is 23.7 Å². The molecule has 104 valence electrons. The van der Waals surface area contributed by atoms with Gasteiger partial charge in [-0.15, -0.1) is 0 Å². The molecule has 1 aromatic rings. The third-order valence-electron chi connectivity index (χ3n) is 3.00. The molecule has 0 aromatic carbocycles. The second-order valence-electron chi connectivity index (χ2n) is 5.19. The molecule has 4 heteroatoms. The monoisotopic (exact) mass is 253 g/mol. The average molecular weight is 253 g/mol. The lowest BCUT2D eigenvalue weighted by atomic mass is 10.2. The molecule has 1 aromatic heterocycles. The van der Waals surface area contributed by atoms with Crippen molar-refractivity contribution in [1.82, 2.24) is 10.2 Å². The molecule has 18 heavy (non-hydrogen) atoms. The normalized spacial score (nSPS) is 12.0. The fourth-order valence-electron chi connectivity index (χ4n) is 2.06. The van der Waals surface area contributed by atoms with Crippen LogP contribution in [0.3, 0.4) is 0 Å². The first-order valence-electron chi connectivity index (χ1n) is 6.78. The van der Waals surface area contributed by atoms with Gasteiger partial charge in [-0.3, -0.25) is 4.90 Å². The Labute approximate surface area is 111 Å². The Bertz CT molecular complexity index is 326. The molecule has 0 saturated heterocycles. The van der Waals surface area contributed by atoms with E-state index >= 15 is 0 Å². The molecule has 0 amide bonds. The van der Waals surface area contributed by atoms with Crippen LogP contribution < -0.4 is 11.1 Å². The first-order valence-corrected chi connectivity index (χ1v) is 6.78. The predicted octanol–water partition coefficient (Wildman–Crippen LogP) is 1.95. The highest BCUT2D eigenvalue weighted by Gasteiger charge is 2.15. The number of nitrogens with one attached hydrogen (secondary N) is 1. The van der Waals surface area contributed by atoms with E-state index in [1.165, 1.54) is 0 Å². The second kappa shape index (κ2) is 7.56. The fraction of sp³-hybridized carbons (Fsp3) is 0.714. The average Bonchev–Trinajstić information content (AvgIpc) is 2.73. The second-order valence-corrected chi connectivity index (χ2v) is 5.19. The van der Waals surface area contributed by atoms with Crippen molar-refractivity contribution in [2.75, 3.05) is 13.1 Å². The minimum Gasteiger partial charge on any atom is -0.463 e. The quantitative estimate of drug-likeness (QED) is 0.695.